The van der Waals surface area contributed by atoms with Gasteiger partial charge >= 0.3 is 26.5 Å². The Morgan fingerprint density at radius 3 is 1.47 bits per heavy atom. The Morgan fingerprint density at radius 1 is 0.618 bits per heavy atom. The van der Waals surface area contributed by atoms with Crippen molar-refractivity contribution in [2.75, 3.05) is 0 Å². The molecule has 0 heterocycles. The second-order valence-electron chi connectivity index (χ2n) is 10.3. The van der Waals surface area contributed by atoms with Crippen LogP contribution in [0.2, 0.25) is 0 Å². The molecule has 0 aliphatic carbocycles. The van der Waals surface area contributed by atoms with E-state index in [4.69, 9.17) is 7.01 Å². The fraction of sp³-hybridized carbons (Fsp3) is 0.933. The molecule has 1 atom stereocenters. The molecule has 0 rings (SSSR count). The van der Waals surface area contributed by atoms with Crippen LogP contribution in [-0.4, -0.2) is 14.4 Å². The predicted octanol–water partition coefficient (Wildman–Crippen LogP) is 9.87. The summed E-state index contributed by atoms with van der Waals surface area (Å²) in [6, 6.07) is 0. The summed E-state index contributed by atoms with van der Waals surface area (Å²) in [5.74, 6) is 0.516. The van der Waals surface area contributed by atoms with E-state index in [1.165, 1.54) is 128 Å². The third kappa shape index (κ3) is 23.9. The quantitative estimate of drug-likeness (QED) is 0.0761. The third-order valence-corrected chi connectivity index (χ3v) is 7.16. The van der Waals surface area contributed by atoms with Crippen LogP contribution in [0.3, 0.4) is 0 Å². The van der Waals surface area contributed by atoms with Crippen LogP contribution in [0.4, 0.5) is 0 Å². The summed E-state index contributed by atoms with van der Waals surface area (Å²) < 4.78 is 15.8. The molecule has 3 nitrogen and oxygen atoms in total. The summed E-state index contributed by atoms with van der Waals surface area (Å²) in [5.41, 5.74) is -0.402. The van der Waals surface area contributed by atoms with Crippen LogP contribution >= 0.6 is 0 Å². The van der Waals surface area contributed by atoms with Crippen molar-refractivity contribution < 1.29 is 31.6 Å². The molecular weight excluding hydrogens is 456 g/mol. The Bertz CT molecular complexity index is 417. The van der Waals surface area contributed by atoms with Crippen molar-refractivity contribution >= 4 is 0 Å². The summed E-state index contributed by atoms with van der Waals surface area (Å²) in [4.78, 5) is 0. The van der Waals surface area contributed by atoms with E-state index in [9.17, 15) is 5.11 Å². The topological polar surface area (TPSA) is 57.5 Å². The summed E-state index contributed by atoms with van der Waals surface area (Å²) in [6.45, 7) is 9.08. The molecule has 0 aromatic carbocycles. The van der Waals surface area contributed by atoms with Crippen LogP contribution in [0.15, 0.2) is 12.2 Å². The van der Waals surface area contributed by atoms with Gasteiger partial charge in [-0.25, -0.2) is 0 Å². The Morgan fingerprint density at radius 2 is 1.00 bits per heavy atom. The van der Waals surface area contributed by atoms with Gasteiger partial charge in [0.15, 0.2) is 0 Å². The standard InChI is InChI=1S/C30H60O.H2O.O.Ti/c1-5-9-13-14-15-16-17-18-19-20-21-22-23-24-26-29(25-10-6-2)30(31,27-11-7-3)28-12-8-4;;;/h18-19,29,31H,5-17,20-28H2,1-4H3;1H2;;/q;;;+1/p-1/b19-18-;;;. The Labute approximate surface area is 223 Å². The van der Waals surface area contributed by atoms with Gasteiger partial charge in [-0.1, -0.05) is 130 Å². The third-order valence-electron chi connectivity index (χ3n) is 7.16. The first-order valence-electron chi connectivity index (χ1n) is 14.9. The van der Waals surface area contributed by atoms with E-state index < -0.39 is 25.1 Å². The minimum atomic E-state index is -1.75. The number of rotatable bonds is 24. The molecule has 0 spiro atoms. The summed E-state index contributed by atoms with van der Waals surface area (Å²) >= 11 is -1.75. The van der Waals surface area contributed by atoms with Gasteiger partial charge in [0, 0.05) is 0 Å². The molecule has 0 aliphatic heterocycles. The number of unbranched alkanes of at least 4 members (excludes halogenated alkanes) is 13. The van der Waals surface area contributed by atoms with Gasteiger partial charge < -0.3 is 5.11 Å². The zero-order valence-electron chi connectivity index (χ0n) is 23.6. The van der Waals surface area contributed by atoms with E-state index >= 15 is 0 Å². The predicted molar refractivity (Wildman–Crippen MR) is 145 cm³/mol. The molecular formula is C30H61O3Ti. The molecule has 0 aromatic rings. The average Bonchev–Trinajstić information content (AvgIpc) is 2.84. The maximum atomic E-state index is 11.6. The van der Waals surface area contributed by atoms with E-state index in [1.54, 1.807) is 0 Å². The zero-order chi connectivity index (χ0) is 25.8. The van der Waals surface area contributed by atoms with Crippen molar-refractivity contribution in [3.8, 4) is 0 Å². The van der Waals surface area contributed by atoms with Crippen molar-refractivity contribution in [2.24, 2.45) is 5.92 Å². The van der Waals surface area contributed by atoms with Gasteiger partial charge in [0.25, 0.3) is 0 Å². The van der Waals surface area contributed by atoms with Crippen molar-refractivity contribution in [3.05, 3.63) is 12.2 Å². The summed E-state index contributed by atoms with van der Waals surface area (Å²) in [5, 5.41) is 11.6. The number of aliphatic hydroxyl groups is 1. The second-order valence-corrected chi connectivity index (χ2v) is 10.5. The van der Waals surface area contributed by atoms with E-state index in [1.807, 2.05) is 0 Å². The zero-order valence-corrected chi connectivity index (χ0v) is 25.2. The number of hydrogen-bond donors (Lipinski definition) is 2. The van der Waals surface area contributed by atoms with E-state index in [0.29, 0.717) is 5.92 Å². The monoisotopic (exact) mass is 517 g/mol. The van der Waals surface area contributed by atoms with Gasteiger partial charge in [0.2, 0.25) is 0 Å². The van der Waals surface area contributed by atoms with E-state index in [2.05, 4.69) is 39.8 Å². The van der Waals surface area contributed by atoms with Gasteiger partial charge in [-0.3, -0.25) is 0 Å². The molecule has 0 radical (unpaired) electrons. The minimum absolute atomic E-state index is 0.402. The van der Waals surface area contributed by atoms with Crippen molar-refractivity contribution in [1.82, 2.24) is 0 Å². The maximum absolute atomic E-state index is 11.6. The van der Waals surface area contributed by atoms with Crippen LogP contribution in [-0.2, 0) is 22.8 Å². The van der Waals surface area contributed by atoms with E-state index in [-0.39, 0.29) is 0 Å². The molecule has 2 N–H and O–H groups in total. The van der Waals surface area contributed by atoms with Gasteiger partial charge in [-0.05, 0) is 57.3 Å². The molecule has 203 valence electrons. The van der Waals surface area contributed by atoms with Gasteiger partial charge in [-0.15, -0.1) is 0 Å². The Hall–Kier alpha value is 0.174. The molecule has 4 heteroatoms. The molecule has 0 amide bonds. The van der Waals surface area contributed by atoms with Gasteiger partial charge in [0.05, 0.1) is 5.60 Å². The van der Waals surface area contributed by atoms with Crippen molar-refractivity contribution in [3.63, 3.8) is 0 Å². The van der Waals surface area contributed by atoms with Crippen LogP contribution < -0.4 is 0 Å². The molecule has 0 bridgehead atoms. The Balaban J connectivity index is 0. The molecule has 0 aromatic heterocycles. The molecule has 0 aliphatic rings. The molecule has 0 fully saturated rings. The molecule has 0 saturated heterocycles. The van der Waals surface area contributed by atoms with E-state index in [0.717, 1.165) is 12.8 Å². The second kappa shape index (κ2) is 29.4. The first-order chi connectivity index (χ1) is 16.6. The molecule has 1 unspecified atom stereocenters. The first-order valence-corrected chi connectivity index (χ1v) is 16.3. The fourth-order valence-corrected chi connectivity index (χ4v) is 4.92. The van der Waals surface area contributed by atoms with Crippen LogP contribution in [0.1, 0.15) is 169 Å². The molecule has 34 heavy (non-hydrogen) atoms. The number of hydrogen-bond acceptors (Lipinski definition) is 2. The van der Waals surface area contributed by atoms with Gasteiger partial charge in [0.1, 0.15) is 0 Å². The van der Waals surface area contributed by atoms with Crippen LogP contribution in [0.25, 0.3) is 0 Å². The normalized spacial score (nSPS) is 12.4. The van der Waals surface area contributed by atoms with Gasteiger partial charge in [-0.2, -0.15) is 0 Å². The summed E-state index contributed by atoms with van der Waals surface area (Å²) in [6.07, 6.45) is 32.8. The fourth-order valence-electron chi connectivity index (χ4n) is 4.92. The first kappa shape index (κ1) is 36.3. The number of allylic oxidation sites excluding steroid dienone is 2. The average molecular weight is 518 g/mol. The van der Waals surface area contributed by atoms with Crippen LogP contribution in [0, 0.1) is 5.92 Å². The Kier molecular flexibility index (Phi) is 31.4. The van der Waals surface area contributed by atoms with Crippen molar-refractivity contribution in [1.29, 1.82) is 0 Å². The molecule has 0 saturated carbocycles. The van der Waals surface area contributed by atoms with Crippen molar-refractivity contribution in [2.45, 2.75) is 175 Å². The van der Waals surface area contributed by atoms with Crippen LogP contribution in [0.5, 0.6) is 0 Å². The SMILES string of the molecule is CCCCCCCC/C=C\CCCCCCC(CCCC)C(O)(CCCC)CCCC.[O]=[Ti][OH]. The summed E-state index contributed by atoms with van der Waals surface area (Å²) in [7, 11) is 0.